The molecule has 18 heavy (non-hydrogen) atoms. The normalized spacial score (nSPS) is 10.1. The van der Waals surface area contributed by atoms with Gasteiger partial charge in [0.25, 0.3) is 0 Å². The number of nitrogens with two attached hydrogens (primary N) is 1. The third kappa shape index (κ3) is 2.52. The fourth-order valence-corrected chi connectivity index (χ4v) is 1.57. The summed E-state index contributed by atoms with van der Waals surface area (Å²) < 4.78 is 5.43. The van der Waals surface area contributed by atoms with Gasteiger partial charge in [-0.15, -0.1) is 0 Å². The van der Waals surface area contributed by atoms with E-state index in [1.807, 2.05) is 0 Å². The molecule has 0 spiro atoms. The van der Waals surface area contributed by atoms with E-state index in [0.717, 1.165) is 0 Å². The van der Waals surface area contributed by atoms with Crippen molar-refractivity contribution in [3.8, 4) is 11.5 Å². The van der Waals surface area contributed by atoms with Gasteiger partial charge in [-0.3, -0.25) is 10.1 Å². The molecular weight excluding hydrogens is 256 g/mol. The molecule has 92 valence electrons. The fraction of sp³-hybridized carbons (Fsp3) is 0. The van der Waals surface area contributed by atoms with Gasteiger partial charge in [0.05, 0.1) is 4.92 Å². The van der Waals surface area contributed by atoms with Crippen LogP contribution in [0.25, 0.3) is 0 Å². The van der Waals surface area contributed by atoms with Crippen LogP contribution >= 0.6 is 11.6 Å². The Morgan fingerprint density at radius 2 is 1.83 bits per heavy atom. The molecule has 0 fully saturated rings. The van der Waals surface area contributed by atoms with Crippen molar-refractivity contribution < 1.29 is 9.66 Å². The minimum absolute atomic E-state index is 0.0615. The van der Waals surface area contributed by atoms with Crippen molar-refractivity contribution >= 4 is 23.0 Å². The number of hydrogen-bond donors (Lipinski definition) is 1. The molecule has 6 heteroatoms. The maximum absolute atomic E-state index is 10.9. The minimum Gasteiger partial charge on any atom is -0.450 e. The van der Waals surface area contributed by atoms with Crippen LogP contribution in [-0.4, -0.2) is 4.92 Å². The Labute approximate surface area is 108 Å². The number of ether oxygens (including phenoxy) is 1. The molecule has 2 aromatic rings. The van der Waals surface area contributed by atoms with Crippen LogP contribution in [0.5, 0.6) is 11.5 Å². The van der Waals surface area contributed by atoms with Crippen LogP contribution in [0, 0.1) is 10.1 Å². The molecule has 2 rings (SSSR count). The number of rotatable bonds is 3. The van der Waals surface area contributed by atoms with Crippen LogP contribution in [0.15, 0.2) is 42.5 Å². The van der Waals surface area contributed by atoms with E-state index in [1.165, 1.54) is 12.1 Å². The number of nitro groups is 1. The summed E-state index contributed by atoms with van der Waals surface area (Å²) in [6, 6.07) is 11.0. The predicted octanol–water partition coefficient (Wildman–Crippen LogP) is 3.62. The average Bonchev–Trinajstić information content (AvgIpc) is 2.32. The summed E-state index contributed by atoms with van der Waals surface area (Å²) in [4.78, 5) is 10.3. The fourth-order valence-electron chi connectivity index (χ4n) is 1.45. The maximum Gasteiger partial charge on any atom is 0.334 e. The van der Waals surface area contributed by atoms with Crippen molar-refractivity contribution in [2.75, 3.05) is 5.73 Å². The summed E-state index contributed by atoms with van der Waals surface area (Å²) in [5, 5.41) is 11.5. The zero-order chi connectivity index (χ0) is 13.1. The molecule has 0 aromatic heterocycles. The summed E-state index contributed by atoms with van der Waals surface area (Å²) in [6.07, 6.45) is 0. The third-order valence-corrected chi connectivity index (χ3v) is 2.51. The Balaban J connectivity index is 2.37. The lowest BCUT2D eigenvalue weighted by Crippen LogP contribution is -1.98. The van der Waals surface area contributed by atoms with Crippen LogP contribution in [0.3, 0.4) is 0 Å². The van der Waals surface area contributed by atoms with Crippen molar-refractivity contribution in [2.24, 2.45) is 0 Å². The third-order valence-electron chi connectivity index (χ3n) is 2.25. The molecule has 0 aliphatic carbocycles. The summed E-state index contributed by atoms with van der Waals surface area (Å²) in [7, 11) is 0. The predicted molar refractivity (Wildman–Crippen MR) is 69.0 cm³/mol. The number of nitro benzene ring substituents is 1. The number of anilines is 1. The first-order valence-electron chi connectivity index (χ1n) is 5.04. The number of benzene rings is 2. The molecule has 5 nitrogen and oxygen atoms in total. The molecule has 0 aliphatic heterocycles. The van der Waals surface area contributed by atoms with E-state index in [-0.39, 0.29) is 17.1 Å². The first-order chi connectivity index (χ1) is 8.58. The minimum atomic E-state index is -0.569. The summed E-state index contributed by atoms with van der Waals surface area (Å²) in [5.41, 5.74) is 5.38. The lowest BCUT2D eigenvalue weighted by Gasteiger charge is -2.07. The number of halogens is 1. The first-order valence-corrected chi connectivity index (χ1v) is 5.42. The lowest BCUT2D eigenvalue weighted by molar-refractivity contribution is -0.384. The molecular formula is C12H9ClN2O3. The van der Waals surface area contributed by atoms with Crippen molar-refractivity contribution in [3.05, 3.63) is 57.6 Å². The molecule has 0 aliphatic rings. The highest BCUT2D eigenvalue weighted by Crippen LogP contribution is 2.35. The molecule has 0 saturated carbocycles. The average molecular weight is 265 g/mol. The molecule has 0 amide bonds. The smallest absolute Gasteiger partial charge is 0.334 e. The molecule has 0 atom stereocenters. The highest BCUT2D eigenvalue weighted by molar-refractivity contribution is 6.30. The molecule has 2 aromatic carbocycles. The van der Waals surface area contributed by atoms with Crippen LogP contribution in [-0.2, 0) is 0 Å². The van der Waals surface area contributed by atoms with Gasteiger partial charge >= 0.3 is 5.69 Å². The number of nitrogen functional groups attached to an aromatic ring is 1. The highest BCUT2D eigenvalue weighted by atomic mass is 35.5. The van der Waals surface area contributed by atoms with Gasteiger partial charge in [0.1, 0.15) is 11.4 Å². The Hall–Kier alpha value is -2.27. The molecule has 2 N–H and O–H groups in total. The quantitative estimate of drug-likeness (QED) is 0.522. The number of para-hydroxylation sites is 1. The molecule has 0 saturated heterocycles. The zero-order valence-corrected chi connectivity index (χ0v) is 9.92. The summed E-state index contributed by atoms with van der Waals surface area (Å²) in [5.74, 6) is 0.551. The largest absolute Gasteiger partial charge is 0.450 e. The Bertz CT molecular complexity index is 584. The second-order valence-corrected chi connectivity index (χ2v) is 3.94. The zero-order valence-electron chi connectivity index (χ0n) is 9.17. The standard InChI is InChI=1S/C12H9ClN2O3/c13-8-4-6-9(7-5-8)18-11-3-1-2-10(14)12(11)15(16)17/h1-7H,14H2. The highest BCUT2D eigenvalue weighted by Gasteiger charge is 2.19. The van der Waals surface area contributed by atoms with Crippen molar-refractivity contribution in [2.45, 2.75) is 0 Å². The van der Waals surface area contributed by atoms with E-state index in [1.54, 1.807) is 30.3 Å². The summed E-state index contributed by atoms with van der Waals surface area (Å²) in [6.45, 7) is 0. The summed E-state index contributed by atoms with van der Waals surface area (Å²) >= 11 is 5.74. The number of nitrogens with zero attached hydrogens (tertiary/aromatic N) is 1. The van der Waals surface area contributed by atoms with Crippen LogP contribution in [0.4, 0.5) is 11.4 Å². The second-order valence-electron chi connectivity index (χ2n) is 3.51. The monoisotopic (exact) mass is 264 g/mol. The van der Waals surface area contributed by atoms with E-state index in [4.69, 9.17) is 22.1 Å². The van der Waals surface area contributed by atoms with Crippen LogP contribution in [0.2, 0.25) is 5.02 Å². The maximum atomic E-state index is 10.9. The van der Waals surface area contributed by atoms with Crippen LogP contribution < -0.4 is 10.5 Å². The molecule has 0 radical (unpaired) electrons. The topological polar surface area (TPSA) is 78.4 Å². The van der Waals surface area contributed by atoms with Crippen molar-refractivity contribution in [1.82, 2.24) is 0 Å². The van der Waals surface area contributed by atoms with Gasteiger partial charge in [-0.05, 0) is 36.4 Å². The Kier molecular flexibility index (Phi) is 3.34. The SMILES string of the molecule is Nc1cccc(Oc2ccc(Cl)cc2)c1[N+](=O)[O-]. The van der Waals surface area contributed by atoms with Gasteiger partial charge in [0.2, 0.25) is 5.75 Å². The van der Waals surface area contributed by atoms with Gasteiger partial charge in [-0.2, -0.15) is 0 Å². The van der Waals surface area contributed by atoms with Gasteiger partial charge in [-0.1, -0.05) is 17.7 Å². The number of hydrogen-bond acceptors (Lipinski definition) is 4. The van der Waals surface area contributed by atoms with Crippen molar-refractivity contribution in [3.63, 3.8) is 0 Å². The van der Waals surface area contributed by atoms with E-state index < -0.39 is 4.92 Å². The van der Waals surface area contributed by atoms with Gasteiger partial charge in [-0.25, -0.2) is 0 Å². The Morgan fingerprint density at radius 3 is 2.44 bits per heavy atom. The molecule has 0 bridgehead atoms. The Morgan fingerprint density at radius 1 is 1.17 bits per heavy atom. The van der Waals surface area contributed by atoms with E-state index >= 15 is 0 Å². The van der Waals surface area contributed by atoms with E-state index in [9.17, 15) is 10.1 Å². The van der Waals surface area contributed by atoms with Gasteiger partial charge in [0, 0.05) is 5.02 Å². The van der Waals surface area contributed by atoms with Crippen LogP contribution in [0.1, 0.15) is 0 Å². The van der Waals surface area contributed by atoms with Gasteiger partial charge in [0.15, 0.2) is 0 Å². The lowest BCUT2D eigenvalue weighted by atomic mass is 10.2. The van der Waals surface area contributed by atoms with E-state index in [0.29, 0.717) is 10.8 Å². The van der Waals surface area contributed by atoms with E-state index in [2.05, 4.69) is 0 Å². The van der Waals surface area contributed by atoms with Crippen molar-refractivity contribution in [1.29, 1.82) is 0 Å². The molecule has 0 unspecified atom stereocenters. The second kappa shape index (κ2) is 4.93. The van der Waals surface area contributed by atoms with Gasteiger partial charge < -0.3 is 10.5 Å². The first kappa shape index (κ1) is 12.2. The molecule has 0 heterocycles.